The Labute approximate surface area is 79.8 Å². The van der Waals surface area contributed by atoms with Crippen molar-refractivity contribution in [3.63, 3.8) is 0 Å². The van der Waals surface area contributed by atoms with Crippen LogP contribution in [-0.2, 0) is 4.79 Å². The molecule has 3 heteroatoms. The molecule has 0 saturated carbocycles. The molecule has 0 bridgehead atoms. The van der Waals surface area contributed by atoms with Gasteiger partial charge in [0.1, 0.15) is 0 Å². The Morgan fingerprint density at radius 2 is 2.00 bits per heavy atom. The van der Waals surface area contributed by atoms with Crippen LogP contribution in [0, 0.1) is 0 Å². The summed E-state index contributed by atoms with van der Waals surface area (Å²) in [7, 11) is 0. The van der Waals surface area contributed by atoms with E-state index in [9.17, 15) is 4.79 Å². The van der Waals surface area contributed by atoms with E-state index in [2.05, 4.69) is 0 Å². The zero-order valence-corrected chi connectivity index (χ0v) is 8.62. The fourth-order valence-corrected chi connectivity index (χ4v) is 1.75. The second kappa shape index (κ2) is 4.31. The van der Waals surface area contributed by atoms with Gasteiger partial charge in [0.2, 0.25) is 0 Å². The zero-order valence-electron chi connectivity index (χ0n) is 6.53. The molecule has 0 fully saturated rings. The molecule has 0 saturated heterocycles. The molecule has 1 atom stereocenters. The first kappa shape index (κ1) is 9.32. The third-order valence-electron chi connectivity index (χ3n) is 1.58. The minimum absolute atomic E-state index is 0.101. The van der Waals surface area contributed by atoms with Crippen LogP contribution in [0.15, 0.2) is 30.3 Å². The molecule has 0 aliphatic heterocycles. The first-order chi connectivity index (χ1) is 5.70. The van der Waals surface area contributed by atoms with Crippen LogP contribution in [0.4, 0.5) is 0 Å². The number of carboxylic acids is 1. The van der Waals surface area contributed by atoms with Crippen molar-refractivity contribution in [2.45, 2.75) is 11.2 Å². The molecule has 12 heavy (non-hydrogen) atoms. The van der Waals surface area contributed by atoms with Crippen LogP contribution < -0.4 is 0 Å². The molecule has 61 valence electrons. The molecule has 1 N–H and O–H groups in total. The molecule has 1 aromatic rings. The van der Waals surface area contributed by atoms with Gasteiger partial charge in [0.25, 0.3) is 0 Å². The summed E-state index contributed by atoms with van der Waals surface area (Å²) >= 11 is 1.92. The number of aliphatic carboxylic acids is 1. The zero-order chi connectivity index (χ0) is 8.97. The van der Waals surface area contributed by atoms with Crippen molar-refractivity contribution in [1.82, 2.24) is 0 Å². The molecule has 0 spiro atoms. The Bertz CT molecular complexity index is 258. The van der Waals surface area contributed by atoms with E-state index in [-0.39, 0.29) is 11.2 Å². The maximum atomic E-state index is 10.4. The molecule has 3 radical (unpaired) electrons. The van der Waals surface area contributed by atoms with Crippen LogP contribution in [0.2, 0.25) is 0 Å². The van der Waals surface area contributed by atoms with E-state index in [4.69, 9.17) is 5.11 Å². The third-order valence-corrected chi connectivity index (χ3v) is 2.71. The predicted octanol–water partition coefficient (Wildman–Crippen LogP) is 1.37. The van der Waals surface area contributed by atoms with Gasteiger partial charge in [0.05, 0.1) is 0 Å². The standard InChI is InChI=1S/C9H9GeO2/c10-8(6-9(11)12)7-4-2-1-3-5-7/h1-5,8H,6H2,(H,11,12). The van der Waals surface area contributed by atoms with E-state index >= 15 is 0 Å². The molecular weight excluding hydrogens is 213 g/mol. The summed E-state index contributed by atoms with van der Waals surface area (Å²) in [5, 5.41) is 8.55. The second-order valence-corrected chi connectivity index (χ2v) is 4.02. The van der Waals surface area contributed by atoms with Crippen molar-refractivity contribution in [1.29, 1.82) is 0 Å². The van der Waals surface area contributed by atoms with E-state index < -0.39 is 5.97 Å². The first-order valence-corrected chi connectivity index (χ1v) is 4.89. The van der Waals surface area contributed by atoms with E-state index in [0.717, 1.165) is 5.56 Å². The average molecular weight is 222 g/mol. The van der Waals surface area contributed by atoms with Crippen molar-refractivity contribution in [3.05, 3.63) is 35.9 Å². The fourth-order valence-electron chi connectivity index (χ4n) is 0.978. The molecule has 0 amide bonds. The van der Waals surface area contributed by atoms with Gasteiger partial charge in [-0.2, -0.15) is 0 Å². The van der Waals surface area contributed by atoms with Crippen molar-refractivity contribution < 1.29 is 9.90 Å². The quantitative estimate of drug-likeness (QED) is 0.783. The maximum absolute atomic E-state index is 10.4. The van der Waals surface area contributed by atoms with Crippen molar-refractivity contribution in [3.8, 4) is 0 Å². The summed E-state index contributed by atoms with van der Waals surface area (Å²) in [5.41, 5.74) is 1.08. The fraction of sp³-hybridized carbons (Fsp3) is 0.222. The number of hydrogen-bond donors (Lipinski definition) is 1. The van der Waals surface area contributed by atoms with Crippen LogP contribution in [0.3, 0.4) is 0 Å². The number of rotatable bonds is 3. The van der Waals surface area contributed by atoms with Gasteiger partial charge in [-0.1, -0.05) is 0 Å². The van der Waals surface area contributed by atoms with Crippen LogP contribution in [-0.4, -0.2) is 27.6 Å². The van der Waals surface area contributed by atoms with E-state index in [1.807, 2.05) is 46.8 Å². The van der Waals surface area contributed by atoms with Crippen LogP contribution in [0.5, 0.6) is 0 Å². The van der Waals surface area contributed by atoms with Gasteiger partial charge < -0.3 is 0 Å². The van der Waals surface area contributed by atoms with Gasteiger partial charge in [0.15, 0.2) is 0 Å². The van der Waals surface area contributed by atoms with Gasteiger partial charge in [0, 0.05) is 0 Å². The van der Waals surface area contributed by atoms with Gasteiger partial charge in [-0.3, -0.25) is 0 Å². The van der Waals surface area contributed by atoms with Crippen molar-refractivity contribution in [2.24, 2.45) is 0 Å². The molecule has 0 aromatic heterocycles. The Hall–Kier alpha value is -0.767. The predicted molar refractivity (Wildman–Crippen MR) is 47.2 cm³/mol. The molecular formula is C9H9GeO2. The SMILES string of the molecule is O=C(O)C[CH]([Ge])c1ccccc1. The summed E-state index contributed by atoms with van der Waals surface area (Å²) in [4.78, 5) is 10.4. The third kappa shape index (κ3) is 2.70. The molecule has 2 nitrogen and oxygen atoms in total. The molecule has 0 heterocycles. The summed E-state index contributed by atoms with van der Waals surface area (Å²) < 4.78 is 0.101. The van der Waals surface area contributed by atoms with Crippen LogP contribution in [0.25, 0.3) is 0 Å². The van der Waals surface area contributed by atoms with E-state index in [1.54, 1.807) is 0 Å². The Balaban J connectivity index is 2.65. The number of benzene rings is 1. The van der Waals surface area contributed by atoms with Gasteiger partial charge in [-0.25, -0.2) is 0 Å². The molecule has 1 rings (SSSR count). The Morgan fingerprint density at radius 1 is 1.42 bits per heavy atom. The summed E-state index contributed by atoms with van der Waals surface area (Å²) in [6.07, 6.45) is 0.198. The van der Waals surface area contributed by atoms with Gasteiger partial charge >= 0.3 is 79.5 Å². The monoisotopic (exact) mass is 223 g/mol. The second-order valence-electron chi connectivity index (χ2n) is 2.56. The van der Waals surface area contributed by atoms with Crippen molar-refractivity contribution in [2.75, 3.05) is 0 Å². The summed E-state index contributed by atoms with van der Waals surface area (Å²) in [6.45, 7) is 0. The van der Waals surface area contributed by atoms with Crippen molar-refractivity contribution >= 4 is 22.5 Å². The van der Waals surface area contributed by atoms with Crippen LogP contribution in [0.1, 0.15) is 16.7 Å². The molecule has 0 aliphatic rings. The number of carbonyl (C=O) groups is 1. The van der Waals surface area contributed by atoms with E-state index in [1.165, 1.54) is 0 Å². The Morgan fingerprint density at radius 3 is 2.50 bits per heavy atom. The molecule has 1 unspecified atom stereocenters. The number of hydrogen-bond acceptors (Lipinski definition) is 1. The topological polar surface area (TPSA) is 37.3 Å². The normalized spacial score (nSPS) is 12.4. The summed E-state index contributed by atoms with van der Waals surface area (Å²) in [6, 6.07) is 9.68. The van der Waals surface area contributed by atoms with Gasteiger partial charge in [-0.05, 0) is 0 Å². The number of carboxylic acid groups (broad SMARTS) is 1. The van der Waals surface area contributed by atoms with Gasteiger partial charge in [-0.15, -0.1) is 0 Å². The summed E-state index contributed by atoms with van der Waals surface area (Å²) in [5.74, 6) is -0.744. The minimum atomic E-state index is -0.744. The molecule has 1 aromatic carbocycles. The Kier molecular flexibility index (Phi) is 3.35. The first-order valence-electron chi connectivity index (χ1n) is 3.68. The average Bonchev–Trinajstić information content (AvgIpc) is 2.05. The molecule has 0 aliphatic carbocycles. The van der Waals surface area contributed by atoms with Crippen LogP contribution >= 0.6 is 0 Å². The van der Waals surface area contributed by atoms with E-state index in [0.29, 0.717) is 0 Å².